The number of carbonyl (C=O) groups is 1. The maximum Gasteiger partial charge on any atom is 0.267 e. The van der Waals surface area contributed by atoms with Crippen molar-refractivity contribution < 1.29 is 22.7 Å². The summed E-state index contributed by atoms with van der Waals surface area (Å²) in [4.78, 5) is 12.8. The summed E-state index contributed by atoms with van der Waals surface area (Å²) in [7, 11) is 1.24. The Morgan fingerprint density at radius 2 is 1.94 bits per heavy atom. The van der Waals surface area contributed by atoms with Crippen LogP contribution in [0.25, 0.3) is 0 Å². The van der Waals surface area contributed by atoms with Gasteiger partial charge in [-0.1, -0.05) is 13.0 Å². The number of aromatic nitrogens is 1. The van der Waals surface area contributed by atoms with Crippen LogP contribution in [0, 0.1) is 5.92 Å². The van der Waals surface area contributed by atoms with E-state index in [1.165, 1.54) is 16.6 Å². The van der Waals surface area contributed by atoms with Crippen LogP contribution in [0.15, 0.2) is 35.4 Å². The van der Waals surface area contributed by atoms with E-state index < -0.39 is 10.0 Å². The van der Waals surface area contributed by atoms with Gasteiger partial charge in [0, 0.05) is 32.9 Å². The number of nitrogens with zero attached hydrogens (tertiary/aromatic N) is 2. The first-order valence-corrected chi connectivity index (χ1v) is 11.9. The molecule has 3 rings (SSSR count). The molecule has 2 aromatic rings. The fraction of sp³-hybridized carbons (Fsp3) is 0.500. The molecule has 0 radical (unpaired) electrons. The van der Waals surface area contributed by atoms with Crippen molar-refractivity contribution in [1.82, 2.24) is 14.2 Å². The van der Waals surface area contributed by atoms with Crippen molar-refractivity contribution in [3.05, 3.63) is 41.7 Å². The number of carbonyl (C=O) groups excluding carboxylic acids is 1. The van der Waals surface area contributed by atoms with Crippen molar-refractivity contribution in [3.63, 3.8) is 0 Å². The fourth-order valence-electron chi connectivity index (χ4n) is 3.86. The van der Waals surface area contributed by atoms with Gasteiger partial charge in [-0.25, -0.2) is 8.42 Å². The summed E-state index contributed by atoms with van der Waals surface area (Å²) in [6, 6.07) is 7.07. The zero-order chi connectivity index (χ0) is 22.6. The van der Waals surface area contributed by atoms with Crippen LogP contribution >= 0.6 is 0 Å². The molecule has 1 atom stereocenters. The van der Waals surface area contributed by atoms with Crippen molar-refractivity contribution in [2.45, 2.75) is 31.1 Å². The third-order valence-corrected chi connectivity index (χ3v) is 7.45. The molecule has 9 heteroatoms. The summed E-state index contributed by atoms with van der Waals surface area (Å²) >= 11 is 0. The molecule has 2 heterocycles. The van der Waals surface area contributed by atoms with Gasteiger partial charge in [-0.2, -0.15) is 4.31 Å². The van der Waals surface area contributed by atoms with Gasteiger partial charge in [-0.15, -0.1) is 0 Å². The van der Waals surface area contributed by atoms with Crippen LogP contribution in [0.1, 0.15) is 35.8 Å². The highest BCUT2D eigenvalue weighted by Crippen LogP contribution is 2.28. The first-order valence-electron chi connectivity index (χ1n) is 10.4. The number of sulfonamides is 1. The predicted molar refractivity (Wildman–Crippen MR) is 118 cm³/mol. The SMILES string of the molecule is COc1ccc(CCNC(=O)c2cc(S(=O)(=O)N3CCC[C@H](C)C3)cn2C)cc1OC. The van der Waals surface area contributed by atoms with Crippen molar-refractivity contribution in [3.8, 4) is 11.5 Å². The van der Waals surface area contributed by atoms with Gasteiger partial charge in [-0.3, -0.25) is 4.79 Å². The molecule has 0 unspecified atom stereocenters. The quantitative estimate of drug-likeness (QED) is 0.669. The summed E-state index contributed by atoms with van der Waals surface area (Å²) < 4.78 is 39.6. The van der Waals surface area contributed by atoms with Gasteiger partial charge in [0.15, 0.2) is 11.5 Å². The molecular weight excluding hydrogens is 418 g/mol. The van der Waals surface area contributed by atoms with Crippen LogP contribution in [0.5, 0.6) is 11.5 Å². The van der Waals surface area contributed by atoms with Crippen molar-refractivity contribution in [2.24, 2.45) is 13.0 Å². The third-order valence-electron chi connectivity index (χ3n) is 5.62. The molecule has 1 fully saturated rings. The normalized spacial score (nSPS) is 17.4. The molecule has 1 aliphatic rings. The lowest BCUT2D eigenvalue weighted by atomic mass is 10.0. The number of nitrogens with one attached hydrogen (secondary N) is 1. The maximum atomic E-state index is 13.0. The first kappa shape index (κ1) is 23.1. The van der Waals surface area contributed by atoms with Crippen LogP contribution < -0.4 is 14.8 Å². The van der Waals surface area contributed by atoms with Crippen LogP contribution in [-0.2, 0) is 23.5 Å². The van der Waals surface area contributed by atoms with E-state index in [0.717, 1.165) is 18.4 Å². The Kier molecular flexibility index (Phi) is 7.27. The first-order chi connectivity index (χ1) is 14.8. The monoisotopic (exact) mass is 449 g/mol. The van der Waals surface area contributed by atoms with E-state index in [1.807, 2.05) is 18.2 Å². The minimum absolute atomic E-state index is 0.161. The second-order valence-corrected chi connectivity index (χ2v) is 9.92. The number of aryl methyl sites for hydroxylation is 1. The number of ether oxygens (including phenoxy) is 2. The van der Waals surface area contributed by atoms with Gasteiger partial charge < -0.3 is 19.4 Å². The second kappa shape index (κ2) is 9.74. The molecule has 31 heavy (non-hydrogen) atoms. The van der Waals surface area contributed by atoms with Crippen molar-refractivity contribution >= 4 is 15.9 Å². The molecule has 0 bridgehead atoms. The Labute approximate surface area is 184 Å². The molecule has 1 aliphatic heterocycles. The van der Waals surface area contributed by atoms with Gasteiger partial charge in [-0.05, 0) is 48.9 Å². The van der Waals surface area contributed by atoms with Crippen molar-refractivity contribution in [1.29, 1.82) is 0 Å². The van der Waals surface area contributed by atoms with Crippen LogP contribution in [0.2, 0.25) is 0 Å². The topological polar surface area (TPSA) is 89.9 Å². The van der Waals surface area contributed by atoms with Crippen molar-refractivity contribution in [2.75, 3.05) is 33.9 Å². The fourth-order valence-corrected chi connectivity index (χ4v) is 5.53. The second-order valence-electron chi connectivity index (χ2n) is 7.98. The number of piperidine rings is 1. The number of amides is 1. The molecular formula is C22H31N3O5S. The van der Waals surface area contributed by atoms with Crippen LogP contribution in [-0.4, -0.2) is 57.1 Å². The molecule has 0 saturated carbocycles. The summed E-state index contributed by atoms with van der Waals surface area (Å²) in [5, 5.41) is 2.87. The maximum absolute atomic E-state index is 13.0. The van der Waals surface area contributed by atoms with Gasteiger partial charge in [0.25, 0.3) is 5.91 Å². The zero-order valence-corrected chi connectivity index (χ0v) is 19.4. The molecule has 1 saturated heterocycles. The number of benzene rings is 1. The zero-order valence-electron chi connectivity index (χ0n) is 18.6. The molecule has 0 aliphatic carbocycles. The number of rotatable bonds is 8. The van der Waals surface area contributed by atoms with Crippen LogP contribution in [0.3, 0.4) is 0 Å². The van der Waals surface area contributed by atoms with Gasteiger partial charge in [0.2, 0.25) is 10.0 Å². The Hall–Kier alpha value is -2.52. The predicted octanol–water partition coefficient (Wildman–Crippen LogP) is 2.44. The van der Waals surface area contributed by atoms with E-state index in [0.29, 0.717) is 49.2 Å². The highest BCUT2D eigenvalue weighted by atomic mass is 32.2. The lowest BCUT2D eigenvalue weighted by Crippen LogP contribution is -2.38. The van der Waals surface area contributed by atoms with E-state index >= 15 is 0 Å². The molecule has 1 aromatic heterocycles. The summed E-state index contributed by atoms with van der Waals surface area (Å²) in [5.41, 5.74) is 1.31. The van der Waals surface area contributed by atoms with Gasteiger partial charge >= 0.3 is 0 Å². The summed E-state index contributed by atoms with van der Waals surface area (Å²) in [6.07, 6.45) is 4.01. The standard InChI is InChI=1S/C22H31N3O5S/c1-16-6-5-11-25(14-16)31(27,28)18-13-19(24(2)15-18)22(26)23-10-9-17-7-8-20(29-3)21(12-17)30-4/h7-8,12-13,15-16H,5-6,9-11,14H2,1-4H3,(H,23,26)/t16-/m0/s1. The highest BCUT2D eigenvalue weighted by molar-refractivity contribution is 7.89. The molecule has 8 nitrogen and oxygen atoms in total. The van der Waals surface area contributed by atoms with Gasteiger partial charge in [0.1, 0.15) is 10.6 Å². The Balaban J connectivity index is 1.64. The Bertz CT molecular complexity index is 1030. The summed E-state index contributed by atoms with van der Waals surface area (Å²) in [6.45, 7) is 3.51. The van der Waals surface area contributed by atoms with E-state index in [-0.39, 0.29) is 10.8 Å². The van der Waals surface area contributed by atoms with Gasteiger partial charge in [0.05, 0.1) is 14.2 Å². The molecule has 0 spiro atoms. The summed E-state index contributed by atoms with van der Waals surface area (Å²) in [5.74, 6) is 1.31. The molecule has 1 N–H and O–H groups in total. The molecule has 170 valence electrons. The minimum atomic E-state index is -3.60. The minimum Gasteiger partial charge on any atom is -0.493 e. The van der Waals surface area contributed by atoms with E-state index in [9.17, 15) is 13.2 Å². The Morgan fingerprint density at radius 3 is 2.61 bits per heavy atom. The average Bonchev–Trinajstić information content (AvgIpc) is 3.16. The number of methoxy groups -OCH3 is 2. The largest absolute Gasteiger partial charge is 0.493 e. The average molecular weight is 450 g/mol. The smallest absolute Gasteiger partial charge is 0.267 e. The van der Waals surface area contributed by atoms with E-state index in [2.05, 4.69) is 12.2 Å². The van der Waals surface area contributed by atoms with E-state index in [1.54, 1.807) is 25.8 Å². The number of hydrogen-bond donors (Lipinski definition) is 1. The third kappa shape index (κ3) is 5.22. The molecule has 1 amide bonds. The lowest BCUT2D eigenvalue weighted by Gasteiger charge is -2.29. The Morgan fingerprint density at radius 1 is 1.19 bits per heavy atom. The lowest BCUT2D eigenvalue weighted by molar-refractivity contribution is 0.0946. The highest BCUT2D eigenvalue weighted by Gasteiger charge is 2.30. The van der Waals surface area contributed by atoms with E-state index in [4.69, 9.17) is 9.47 Å². The molecule has 1 aromatic carbocycles. The number of hydrogen-bond acceptors (Lipinski definition) is 5. The van der Waals surface area contributed by atoms with Crippen LogP contribution in [0.4, 0.5) is 0 Å².